The van der Waals surface area contributed by atoms with Crippen LogP contribution in [0.2, 0.25) is 0 Å². The molecule has 1 aliphatic rings. The quantitative estimate of drug-likeness (QED) is 0.629. The van der Waals surface area contributed by atoms with Crippen LogP contribution in [0.15, 0.2) is 47.4 Å². The lowest BCUT2D eigenvalue weighted by molar-refractivity contribution is 0.0730. The fraction of sp³-hybridized carbons (Fsp3) is 0.263. The van der Waals surface area contributed by atoms with Gasteiger partial charge in [0.2, 0.25) is 10.0 Å². The molecule has 1 amide bonds. The first-order chi connectivity index (χ1) is 14.9. The number of halogens is 1. The van der Waals surface area contributed by atoms with Gasteiger partial charge in [-0.3, -0.25) is 4.79 Å². The summed E-state index contributed by atoms with van der Waals surface area (Å²) >= 11 is 0. The largest absolute Gasteiger partial charge is 0.379 e. The summed E-state index contributed by atoms with van der Waals surface area (Å²) < 4.78 is 48.1. The van der Waals surface area contributed by atoms with E-state index in [4.69, 9.17) is 4.74 Å². The van der Waals surface area contributed by atoms with Crippen LogP contribution in [0.3, 0.4) is 0 Å². The zero-order chi connectivity index (χ0) is 22.0. The van der Waals surface area contributed by atoms with Gasteiger partial charge in [0, 0.05) is 18.8 Å². The highest BCUT2D eigenvalue weighted by Gasteiger charge is 2.30. The second-order valence-corrected chi connectivity index (χ2v) is 8.68. The first kappa shape index (κ1) is 21.0. The van der Waals surface area contributed by atoms with Gasteiger partial charge in [0.15, 0.2) is 5.82 Å². The second kappa shape index (κ2) is 8.49. The van der Waals surface area contributed by atoms with E-state index in [-0.39, 0.29) is 34.9 Å². The molecule has 0 spiro atoms. The molecule has 0 aliphatic carbocycles. The number of morpholine rings is 1. The van der Waals surface area contributed by atoms with Crippen molar-refractivity contribution in [3.8, 4) is 5.69 Å². The van der Waals surface area contributed by atoms with Crippen LogP contribution in [0.1, 0.15) is 16.2 Å². The van der Waals surface area contributed by atoms with Crippen LogP contribution in [0.5, 0.6) is 0 Å². The minimum absolute atomic E-state index is 0.0153. The van der Waals surface area contributed by atoms with E-state index in [1.54, 1.807) is 19.1 Å². The molecule has 1 fully saturated rings. The van der Waals surface area contributed by atoms with Gasteiger partial charge in [-0.05, 0) is 47.7 Å². The number of sulfonamides is 1. The molecule has 0 atom stereocenters. The number of carbonyl (C=O) groups is 1. The van der Waals surface area contributed by atoms with Crippen molar-refractivity contribution in [2.45, 2.75) is 11.8 Å². The van der Waals surface area contributed by atoms with E-state index >= 15 is 0 Å². The Morgan fingerprint density at radius 3 is 2.61 bits per heavy atom. The third-order valence-corrected chi connectivity index (χ3v) is 6.73. The normalized spacial score (nSPS) is 15.0. The third kappa shape index (κ3) is 4.17. The molecule has 1 N–H and O–H groups in total. The van der Waals surface area contributed by atoms with Crippen LogP contribution in [-0.2, 0) is 14.8 Å². The average molecular weight is 446 g/mol. The molecule has 0 bridgehead atoms. The van der Waals surface area contributed by atoms with Crippen molar-refractivity contribution in [3.63, 3.8) is 0 Å². The summed E-state index contributed by atoms with van der Waals surface area (Å²) in [6, 6.07) is 9.86. The lowest BCUT2D eigenvalue weighted by atomic mass is 10.2. The van der Waals surface area contributed by atoms with Crippen molar-refractivity contribution in [2.75, 3.05) is 31.6 Å². The fourth-order valence-corrected chi connectivity index (χ4v) is 4.81. The Bertz CT molecular complexity index is 1220. The summed E-state index contributed by atoms with van der Waals surface area (Å²) in [4.78, 5) is 12.9. The molecule has 10 nitrogen and oxygen atoms in total. The first-order valence-corrected chi connectivity index (χ1v) is 10.8. The molecule has 0 saturated carbocycles. The molecule has 4 rings (SSSR count). The monoisotopic (exact) mass is 446 g/mol. The zero-order valence-electron chi connectivity index (χ0n) is 16.5. The number of rotatable bonds is 5. The number of nitrogens with one attached hydrogen (secondary N) is 1. The van der Waals surface area contributed by atoms with Gasteiger partial charge in [0.25, 0.3) is 5.91 Å². The molecule has 2 aromatic carbocycles. The maximum absolute atomic E-state index is 14.3. The molecule has 0 radical (unpaired) electrons. The third-order valence-electron chi connectivity index (χ3n) is 4.78. The summed E-state index contributed by atoms with van der Waals surface area (Å²) in [6.07, 6.45) is 0. The summed E-state index contributed by atoms with van der Waals surface area (Å²) in [5, 5.41) is 13.6. The number of amides is 1. The Balaban J connectivity index is 1.64. The topological polar surface area (TPSA) is 119 Å². The van der Waals surface area contributed by atoms with Gasteiger partial charge in [-0.2, -0.15) is 8.99 Å². The Kier molecular flexibility index (Phi) is 5.76. The van der Waals surface area contributed by atoms with E-state index in [1.807, 2.05) is 0 Å². The molecule has 162 valence electrons. The molecular formula is C19H19FN6O4S. The van der Waals surface area contributed by atoms with Gasteiger partial charge in [-0.1, -0.05) is 12.1 Å². The Labute approximate surface area is 177 Å². The molecule has 2 heterocycles. The van der Waals surface area contributed by atoms with Crippen molar-refractivity contribution in [1.29, 1.82) is 0 Å². The minimum atomic E-state index is -3.88. The SMILES string of the molecule is Cc1nnnn1-c1cc(NC(=O)c2ccccc2S(=O)(=O)N2CCOCC2)ccc1F. The number of anilines is 1. The highest BCUT2D eigenvalue weighted by atomic mass is 32.2. The molecule has 0 unspecified atom stereocenters. The number of aryl methyl sites for hydroxylation is 1. The Morgan fingerprint density at radius 2 is 1.90 bits per heavy atom. The fourth-order valence-electron chi connectivity index (χ4n) is 3.21. The lowest BCUT2D eigenvalue weighted by Gasteiger charge is -2.26. The van der Waals surface area contributed by atoms with E-state index in [2.05, 4.69) is 20.8 Å². The molecule has 12 heteroatoms. The Hall–Kier alpha value is -3.22. The number of hydrogen-bond donors (Lipinski definition) is 1. The number of nitrogens with zero attached hydrogens (tertiary/aromatic N) is 5. The van der Waals surface area contributed by atoms with Crippen molar-refractivity contribution < 1.29 is 22.3 Å². The van der Waals surface area contributed by atoms with Crippen LogP contribution >= 0.6 is 0 Å². The molecule has 1 aromatic heterocycles. The molecule has 1 aliphatic heterocycles. The first-order valence-electron chi connectivity index (χ1n) is 9.41. The van der Waals surface area contributed by atoms with Gasteiger partial charge >= 0.3 is 0 Å². The summed E-state index contributed by atoms with van der Waals surface area (Å²) in [5.41, 5.74) is 0.294. The standard InChI is InChI=1S/C19H19FN6O4S/c1-13-22-23-24-26(13)17-12-14(6-7-16(17)20)21-19(27)15-4-2-3-5-18(15)31(28,29)25-8-10-30-11-9-25/h2-7,12H,8-11H2,1H3,(H,21,27). The number of aromatic nitrogens is 4. The lowest BCUT2D eigenvalue weighted by Crippen LogP contribution is -2.41. The van der Waals surface area contributed by atoms with Crippen molar-refractivity contribution in [2.24, 2.45) is 0 Å². The number of ether oxygens (including phenoxy) is 1. The zero-order valence-corrected chi connectivity index (χ0v) is 17.3. The molecule has 31 heavy (non-hydrogen) atoms. The summed E-state index contributed by atoms with van der Waals surface area (Å²) in [7, 11) is -3.88. The van der Waals surface area contributed by atoms with Crippen LogP contribution in [0, 0.1) is 12.7 Å². The smallest absolute Gasteiger partial charge is 0.257 e. The van der Waals surface area contributed by atoms with Crippen molar-refractivity contribution >= 4 is 21.6 Å². The predicted molar refractivity (Wildman–Crippen MR) is 108 cm³/mol. The minimum Gasteiger partial charge on any atom is -0.379 e. The van der Waals surface area contributed by atoms with Crippen LogP contribution in [0.4, 0.5) is 10.1 Å². The van der Waals surface area contributed by atoms with Gasteiger partial charge in [-0.25, -0.2) is 12.8 Å². The highest BCUT2D eigenvalue weighted by Crippen LogP contribution is 2.24. The summed E-state index contributed by atoms with van der Waals surface area (Å²) in [6.45, 7) is 2.62. The predicted octanol–water partition coefficient (Wildman–Crippen LogP) is 1.38. The number of benzene rings is 2. The molecular weight excluding hydrogens is 427 g/mol. The van der Waals surface area contributed by atoms with Gasteiger partial charge < -0.3 is 10.1 Å². The second-order valence-electron chi connectivity index (χ2n) is 6.77. The highest BCUT2D eigenvalue weighted by molar-refractivity contribution is 7.89. The van der Waals surface area contributed by atoms with Gasteiger partial charge in [0.1, 0.15) is 11.5 Å². The van der Waals surface area contributed by atoms with E-state index < -0.39 is 21.7 Å². The maximum atomic E-state index is 14.3. The van der Waals surface area contributed by atoms with E-state index in [0.717, 1.165) is 0 Å². The van der Waals surface area contributed by atoms with Crippen LogP contribution in [0.25, 0.3) is 5.69 Å². The van der Waals surface area contributed by atoms with Crippen molar-refractivity contribution in [1.82, 2.24) is 24.5 Å². The number of carbonyl (C=O) groups excluding carboxylic acids is 1. The molecule has 3 aromatic rings. The van der Waals surface area contributed by atoms with Crippen LogP contribution < -0.4 is 5.32 Å². The summed E-state index contributed by atoms with van der Waals surface area (Å²) in [5.74, 6) is -0.855. The van der Waals surface area contributed by atoms with E-state index in [0.29, 0.717) is 19.0 Å². The number of hydrogen-bond acceptors (Lipinski definition) is 7. The molecule has 1 saturated heterocycles. The van der Waals surface area contributed by atoms with Gasteiger partial charge in [0.05, 0.1) is 23.7 Å². The maximum Gasteiger partial charge on any atom is 0.257 e. The van der Waals surface area contributed by atoms with Crippen molar-refractivity contribution in [3.05, 3.63) is 59.7 Å². The van der Waals surface area contributed by atoms with E-state index in [1.165, 1.54) is 39.3 Å². The van der Waals surface area contributed by atoms with E-state index in [9.17, 15) is 17.6 Å². The average Bonchev–Trinajstić information content (AvgIpc) is 3.21. The van der Waals surface area contributed by atoms with Crippen LogP contribution in [-0.4, -0.2) is 65.1 Å². The Morgan fingerprint density at radius 1 is 1.16 bits per heavy atom. The van der Waals surface area contributed by atoms with Gasteiger partial charge in [-0.15, -0.1) is 5.10 Å². The number of tetrazole rings is 1.